The lowest BCUT2D eigenvalue weighted by Crippen LogP contribution is -2.34. The van der Waals surface area contributed by atoms with Crippen LogP contribution in [0.3, 0.4) is 0 Å². The Bertz CT molecular complexity index is 496. The molecule has 0 N–H and O–H groups in total. The van der Waals surface area contributed by atoms with Gasteiger partial charge in [-0.3, -0.25) is 4.79 Å². The molecule has 0 aromatic heterocycles. The highest BCUT2D eigenvalue weighted by atomic mass is 16.2. The largest absolute Gasteiger partial charge is 0.335 e. The normalized spacial score (nSPS) is 15.3. The van der Waals surface area contributed by atoms with E-state index in [2.05, 4.69) is 50.8 Å². The van der Waals surface area contributed by atoms with Crippen LogP contribution in [0.4, 0.5) is 0 Å². The maximum atomic E-state index is 11.7. The topological polar surface area (TPSA) is 20.3 Å². The van der Waals surface area contributed by atoms with Crippen LogP contribution < -0.4 is 0 Å². The Labute approximate surface area is 115 Å². The molecule has 0 bridgehead atoms. The van der Waals surface area contributed by atoms with E-state index < -0.39 is 0 Å². The SMILES string of the molecule is C=CC(=O)N1CCC=C(c2ccc(C(C)C)cc2)C1. The Morgan fingerprint density at radius 2 is 2.00 bits per heavy atom. The summed E-state index contributed by atoms with van der Waals surface area (Å²) in [6, 6.07) is 8.66. The van der Waals surface area contributed by atoms with Gasteiger partial charge in [-0.1, -0.05) is 50.8 Å². The van der Waals surface area contributed by atoms with Gasteiger partial charge in [-0.15, -0.1) is 0 Å². The van der Waals surface area contributed by atoms with Crippen LogP contribution in [0.25, 0.3) is 5.57 Å². The van der Waals surface area contributed by atoms with Gasteiger partial charge in [0.05, 0.1) is 0 Å². The third-order valence-corrected chi connectivity index (χ3v) is 3.59. The molecule has 1 aliphatic rings. The van der Waals surface area contributed by atoms with Crippen molar-refractivity contribution in [3.8, 4) is 0 Å². The van der Waals surface area contributed by atoms with Gasteiger partial charge in [0.15, 0.2) is 0 Å². The van der Waals surface area contributed by atoms with Gasteiger partial charge in [0.1, 0.15) is 0 Å². The molecule has 2 rings (SSSR count). The fourth-order valence-corrected chi connectivity index (χ4v) is 2.35. The Morgan fingerprint density at radius 1 is 1.32 bits per heavy atom. The number of amides is 1. The zero-order valence-corrected chi connectivity index (χ0v) is 11.7. The van der Waals surface area contributed by atoms with Gasteiger partial charge < -0.3 is 4.90 Å². The number of nitrogens with zero attached hydrogens (tertiary/aromatic N) is 1. The summed E-state index contributed by atoms with van der Waals surface area (Å²) >= 11 is 0. The Balaban J connectivity index is 2.15. The standard InChI is InChI=1S/C17H21NO/c1-4-17(19)18-11-5-6-16(12-18)15-9-7-14(8-10-15)13(2)3/h4,6-10,13H,1,5,11-12H2,2-3H3. The molecule has 2 heteroatoms. The van der Waals surface area contributed by atoms with Crippen molar-refractivity contribution in [2.24, 2.45) is 0 Å². The number of hydrogen-bond acceptors (Lipinski definition) is 1. The molecule has 1 aliphatic heterocycles. The molecule has 0 radical (unpaired) electrons. The first-order valence-electron chi connectivity index (χ1n) is 6.82. The average Bonchev–Trinajstić information content (AvgIpc) is 2.46. The van der Waals surface area contributed by atoms with E-state index in [1.165, 1.54) is 22.8 Å². The van der Waals surface area contributed by atoms with Crippen LogP contribution in [0, 0.1) is 0 Å². The third-order valence-electron chi connectivity index (χ3n) is 3.59. The van der Waals surface area contributed by atoms with Crippen molar-refractivity contribution in [1.29, 1.82) is 0 Å². The van der Waals surface area contributed by atoms with Crippen LogP contribution in [-0.4, -0.2) is 23.9 Å². The zero-order chi connectivity index (χ0) is 13.8. The van der Waals surface area contributed by atoms with Crippen LogP contribution in [-0.2, 0) is 4.79 Å². The Morgan fingerprint density at radius 3 is 2.58 bits per heavy atom. The van der Waals surface area contributed by atoms with Gasteiger partial charge in [0.2, 0.25) is 5.91 Å². The minimum absolute atomic E-state index is 0.0180. The lowest BCUT2D eigenvalue weighted by molar-refractivity contribution is -0.125. The maximum Gasteiger partial charge on any atom is 0.246 e. The predicted molar refractivity (Wildman–Crippen MR) is 79.9 cm³/mol. The summed E-state index contributed by atoms with van der Waals surface area (Å²) in [5, 5.41) is 0. The van der Waals surface area contributed by atoms with Gasteiger partial charge in [-0.25, -0.2) is 0 Å². The monoisotopic (exact) mass is 255 g/mol. The van der Waals surface area contributed by atoms with Crippen molar-refractivity contribution in [1.82, 2.24) is 4.90 Å². The highest BCUT2D eigenvalue weighted by molar-refractivity contribution is 5.88. The van der Waals surface area contributed by atoms with E-state index in [1.54, 1.807) is 0 Å². The van der Waals surface area contributed by atoms with E-state index in [0.29, 0.717) is 12.5 Å². The molecule has 0 atom stereocenters. The molecule has 0 unspecified atom stereocenters. The number of rotatable bonds is 3. The molecule has 1 aromatic carbocycles. The van der Waals surface area contributed by atoms with Gasteiger partial charge in [-0.2, -0.15) is 0 Å². The lowest BCUT2D eigenvalue weighted by Gasteiger charge is -2.26. The van der Waals surface area contributed by atoms with E-state index >= 15 is 0 Å². The summed E-state index contributed by atoms with van der Waals surface area (Å²) in [4.78, 5) is 13.5. The second-order valence-corrected chi connectivity index (χ2v) is 5.26. The molecule has 100 valence electrons. The number of hydrogen-bond donors (Lipinski definition) is 0. The summed E-state index contributed by atoms with van der Waals surface area (Å²) in [5.41, 5.74) is 3.79. The number of carbonyl (C=O) groups is 1. The molecular formula is C17H21NO. The summed E-state index contributed by atoms with van der Waals surface area (Å²) in [6.45, 7) is 9.42. The van der Waals surface area contributed by atoms with Gasteiger partial charge in [0.25, 0.3) is 0 Å². The molecule has 0 saturated carbocycles. The minimum Gasteiger partial charge on any atom is -0.335 e. The van der Waals surface area contributed by atoms with Crippen molar-refractivity contribution in [2.75, 3.05) is 13.1 Å². The van der Waals surface area contributed by atoms with E-state index in [-0.39, 0.29) is 5.91 Å². The molecule has 0 saturated heterocycles. The summed E-state index contributed by atoms with van der Waals surface area (Å²) < 4.78 is 0. The first kappa shape index (κ1) is 13.6. The van der Waals surface area contributed by atoms with Crippen LogP contribution in [0.5, 0.6) is 0 Å². The molecule has 0 aliphatic carbocycles. The lowest BCUT2D eigenvalue weighted by atomic mass is 9.96. The second-order valence-electron chi connectivity index (χ2n) is 5.26. The Hall–Kier alpha value is -1.83. The van der Waals surface area contributed by atoms with Crippen LogP contribution >= 0.6 is 0 Å². The van der Waals surface area contributed by atoms with Gasteiger partial charge in [0, 0.05) is 13.1 Å². The summed E-state index contributed by atoms with van der Waals surface area (Å²) in [7, 11) is 0. The highest BCUT2D eigenvalue weighted by Gasteiger charge is 2.16. The number of benzene rings is 1. The third kappa shape index (κ3) is 3.14. The summed E-state index contributed by atoms with van der Waals surface area (Å²) in [5.74, 6) is 0.567. The molecular weight excluding hydrogens is 234 g/mol. The van der Waals surface area contributed by atoms with Crippen LogP contribution in [0.1, 0.15) is 37.3 Å². The Kier molecular flexibility index (Phi) is 4.20. The minimum atomic E-state index is 0.0180. The van der Waals surface area contributed by atoms with Crippen molar-refractivity contribution in [3.63, 3.8) is 0 Å². The fraction of sp³-hybridized carbons (Fsp3) is 0.353. The zero-order valence-electron chi connectivity index (χ0n) is 11.7. The van der Waals surface area contributed by atoms with Crippen molar-refractivity contribution in [3.05, 3.63) is 54.1 Å². The average molecular weight is 255 g/mol. The molecule has 0 spiro atoms. The maximum absolute atomic E-state index is 11.7. The predicted octanol–water partition coefficient (Wildman–Crippen LogP) is 3.61. The smallest absolute Gasteiger partial charge is 0.246 e. The van der Waals surface area contributed by atoms with Gasteiger partial charge >= 0.3 is 0 Å². The van der Waals surface area contributed by atoms with E-state index in [0.717, 1.165) is 13.0 Å². The van der Waals surface area contributed by atoms with E-state index in [9.17, 15) is 4.79 Å². The van der Waals surface area contributed by atoms with Crippen LogP contribution in [0.2, 0.25) is 0 Å². The molecule has 2 nitrogen and oxygen atoms in total. The first-order valence-corrected chi connectivity index (χ1v) is 6.82. The fourth-order valence-electron chi connectivity index (χ4n) is 2.35. The molecule has 0 fully saturated rings. The summed E-state index contributed by atoms with van der Waals surface area (Å²) in [6.07, 6.45) is 4.54. The second kappa shape index (κ2) is 5.87. The molecule has 1 aromatic rings. The van der Waals surface area contributed by atoms with E-state index in [4.69, 9.17) is 0 Å². The van der Waals surface area contributed by atoms with Crippen LogP contribution in [0.15, 0.2) is 43.0 Å². The van der Waals surface area contributed by atoms with E-state index in [1.807, 2.05) is 4.90 Å². The van der Waals surface area contributed by atoms with Crippen molar-refractivity contribution >= 4 is 11.5 Å². The highest BCUT2D eigenvalue weighted by Crippen LogP contribution is 2.23. The first-order chi connectivity index (χ1) is 9.11. The quantitative estimate of drug-likeness (QED) is 0.756. The molecule has 1 amide bonds. The number of carbonyl (C=O) groups excluding carboxylic acids is 1. The molecule has 1 heterocycles. The van der Waals surface area contributed by atoms with Crippen molar-refractivity contribution in [2.45, 2.75) is 26.2 Å². The van der Waals surface area contributed by atoms with Gasteiger partial charge in [-0.05, 0) is 35.1 Å². The molecule has 19 heavy (non-hydrogen) atoms. The van der Waals surface area contributed by atoms with Crippen molar-refractivity contribution < 1.29 is 4.79 Å².